The van der Waals surface area contributed by atoms with Crippen LogP contribution in [0.2, 0.25) is 0 Å². The van der Waals surface area contributed by atoms with Gasteiger partial charge in [0.1, 0.15) is 35.4 Å². The Hall–Kier alpha value is -3.16. The summed E-state index contributed by atoms with van der Waals surface area (Å²) in [4.78, 5) is 23.3. The second kappa shape index (κ2) is 8.62. The highest BCUT2D eigenvalue weighted by atomic mass is 19.1. The Labute approximate surface area is 142 Å². The molecule has 0 atom stereocenters. The van der Waals surface area contributed by atoms with Crippen molar-refractivity contribution in [2.75, 3.05) is 25.6 Å². The molecule has 25 heavy (non-hydrogen) atoms. The van der Waals surface area contributed by atoms with Crippen molar-refractivity contribution in [2.24, 2.45) is 0 Å². The summed E-state index contributed by atoms with van der Waals surface area (Å²) in [6.07, 6.45) is 0. The Morgan fingerprint density at radius 3 is 2.16 bits per heavy atom. The van der Waals surface area contributed by atoms with Crippen LogP contribution in [0.1, 0.15) is 0 Å². The number of hydrogen-bond acceptors (Lipinski definition) is 4. The number of carbonyl (C=O) groups excluding carboxylic acids is 2. The molecule has 132 valence electrons. The van der Waals surface area contributed by atoms with E-state index < -0.39 is 29.1 Å². The van der Waals surface area contributed by atoms with Gasteiger partial charge >= 0.3 is 11.8 Å². The lowest BCUT2D eigenvalue weighted by Crippen LogP contribution is -2.37. The van der Waals surface area contributed by atoms with E-state index in [4.69, 9.17) is 9.47 Å². The smallest absolute Gasteiger partial charge is 0.313 e. The van der Waals surface area contributed by atoms with Gasteiger partial charge in [-0.05, 0) is 36.4 Å². The van der Waals surface area contributed by atoms with Crippen molar-refractivity contribution in [1.82, 2.24) is 5.32 Å². The first kappa shape index (κ1) is 18.2. The van der Waals surface area contributed by atoms with Gasteiger partial charge in [0.15, 0.2) is 0 Å². The molecule has 6 nitrogen and oxygen atoms in total. The van der Waals surface area contributed by atoms with E-state index in [1.807, 2.05) is 5.32 Å². The van der Waals surface area contributed by atoms with Crippen LogP contribution >= 0.6 is 0 Å². The molecule has 2 N–H and O–H groups in total. The maximum Gasteiger partial charge on any atom is 0.313 e. The summed E-state index contributed by atoms with van der Waals surface area (Å²) in [5, 5.41) is 4.18. The Kier molecular flexibility index (Phi) is 6.27. The topological polar surface area (TPSA) is 76.7 Å². The highest BCUT2D eigenvalue weighted by molar-refractivity contribution is 6.39. The van der Waals surface area contributed by atoms with Crippen LogP contribution in [0.15, 0.2) is 42.5 Å². The van der Waals surface area contributed by atoms with Crippen LogP contribution in [-0.2, 0) is 9.59 Å². The highest BCUT2D eigenvalue weighted by Crippen LogP contribution is 2.18. The first-order valence-electron chi connectivity index (χ1n) is 7.31. The van der Waals surface area contributed by atoms with Gasteiger partial charge < -0.3 is 20.1 Å². The molecule has 0 fully saturated rings. The minimum Gasteiger partial charge on any atom is -0.497 e. The van der Waals surface area contributed by atoms with Crippen LogP contribution in [0.4, 0.5) is 14.5 Å². The van der Waals surface area contributed by atoms with E-state index in [2.05, 4.69) is 5.32 Å². The van der Waals surface area contributed by atoms with Gasteiger partial charge in [0.05, 0.1) is 13.7 Å². The maximum absolute atomic E-state index is 13.4. The summed E-state index contributed by atoms with van der Waals surface area (Å²) in [6.45, 7) is 0.150. The first-order chi connectivity index (χ1) is 12.0. The van der Waals surface area contributed by atoms with Crippen molar-refractivity contribution in [2.45, 2.75) is 0 Å². The number of nitrogens with one attached hydrogen (secondary N) is 2. The number of methoxy groups -OCH3 is 1. The van der Waals surface area contributed by atoms with Gasteiger partial charge in [-0.3, -0.25) is 9.59 Å². The minimum absolute atomic E-state index is 0.0397. The fourth-order valence-corrected chi connectivity index (χ4v) is 1.87. The van der Waals surface area contributed by atoms with Gasteiger partial charge in [-0.2, -0.15) is 0 Å². The normalized spacial score (nSPS) is 10.0. The Balaban J connectivity index is 1.76. The maximum atomic E-state index is 13.4. The molecule has 2 amide bonds. The fraction of sp³-hybridized carbons (Fsp3) is 0.176. The standard InChI is InChI=1S/C17H16F2N2O4/c1-24-11-5-7-12(8-6-11)25-10-9-20-16(22)17(23)21-15-13(18)3-2-4-14(15)19/h2-8H,9-10H2,1H3,(H,20,22)(H,21,23). The summed E-state index contributed by atoms with van der Waals surface area (Å²) < 4.78 is 37.2. The Morgan fingerprint density at radius 1 is 0.960 bits per heavy atom. The number of para-hydroxylation sites is 1. The van der Waals surface area contributed by atoms with Crippen LogP contribution in [-0.4, -0.2) is 32.1 Å². The number of carbonyl (C=O) groups is 2. The van der Waals surface area contributed by atoms with E-state index in [0.717, 1.165) is 18.2 Å². The van der Waals surface area contributed by atoms with Crippen LogP contribution < -0.4 is 20.1 Å². The molecule has 0 spiro atoms. The largest absolute Gasteiger partial charge is 0.497 e. The van der Waals surface area contributed by atoms with Crippen LogP contribution in [0.5, 0.6) is 11.5 Å². The molecule has 0 bridgehead atoms. The third kappa shape index (κ3) is 5.17. The van der Waals surface area contributed by atoms with Gasteiger partial charge in [-0.1, -0.05) is 6.07 Å². The number of benzene rings is 2. The third-order valence-electron chi connectivity index (χ3n) is 3.12. The second-order valence-corrected chi connectivity index (χ2v) is 4.83. The van der Waals surface area contributed by atoms with Crippen LogP contribution in [0.25, 0.3) is 0 Å². The SMILES string of the molecule is COc1ccc(OCCNC(=O)C(=O)Nc2c(F)cccc2F)cc1. The molecule has 0 aromatic heterocycles. The van der Waals surface area contributed by atoms with Crippen molar-refractivity contribution in [1.29, 1.82) is 0 Å². The van der Waals surface area contributed by atoms with E-state index in [9.17, 15) is 18.4 Å². The molecular weight excluding hydrogens is 334 g/mol. The molecule has 0 saturated heterocycles. The van der Waals surface area contributed by atoms with Crippen molar-refractivity contribution >= 4 is 17.5 Å². The molecule has 2 aromatic carbocycles. The Bertz CT molecular complexity index is 731. The molecule has 0 aliphatic heterocycles. The van der Waals surface area contributed by atoms with Gasteiger partial charge in [0.25, 0.3) is 0 Å². The predicted octanol–water partition coefficient (Wildman–Crippen LogP) is 2.11. The predicted molar refractivity (Wildman–Crippen MR) is 86.5 cm³/mol. The molecule has 0 radical (unpaired) electrons. The number of rotatable bonds is 6. The molecule has 2 rings (SSSR count). The average Bonchev–Trinajstić information content (AvgIpc) is 2.62. The molecule has 0 heterocycles. The lowest BCUT2D eigenvalue weighted by atomic mass is 10.3. The average molecular weight is 350 g/mol. The molecule has 0 aliphatic carbocycles. The summed E-state index contributed by atoms with van der Waals surface area (Å²) in [6, 6.07) is 9.90. The quantitative estimate of drug-likeness (QED) is 0.618. The number of amides is 2. The van der Waals surface area contributed by atoms with Gasteiger partial charge in [0.2, 0.25) is 0 Å². The first-order valence-corrected chi connectivity index (χ1v) is 7.31. The van der Waals surface area contributed by atoms with E-state index in [1.54, 1.807) is 31.4 Å². The van der Waals surface area contributed by atoms with E-state index in [0.29, 0.717) is 11.5 Å². The van der Waals surface area contributed by atoms with Crippen molar-refractivity contribution < 1.29 is 27.8 Å². The van der Waals surface area contributed by atoms with Crippen LogP contribution in [0, 0.1) is 11.6 Å². The number of halogens is 2. The number of anilines is 1. The van der Waals surface area contributed by atoms with Crippen molar-refractivity contribution in [3.63, 3.8) is 0 Å². The minimum atomic E-state index is -1.17. The zero-order chi connectivity index (χ0) is 18.2. The summed E-state index contributed by atoms with van der Waals surface area (Å²) in [5.41, 5.74) is -0.669. The summed E-state index contributed by atoms with van der Waals surface area (Å²) in [5.74, 6) is -2.90. The molecule has 2 aromatic rings. The van der Waals surface area contributed by atoms with Crippen molar-refractivity contribution in [3.05, 3.63) is 54.1 Å². The number of ether oxygens (including phenoxy) is 2. The second-order valence-electron chi connectivity index (χ2n) is 4.83. The molecule has 0 aliphatic rings. The zero-order valence-corrected chi connectivity index (χ0v) is 13.3. The van der Waals surface area contributed by atoms with E-state index in [-0.39, 0.29) is 13.2 Å². The lowest BCUT2D eigenvalue weighted by molar-refractivity contribution is -0.136. The molecule has 0 saturated carbocycles. The number of hydrogen-bond donors (Lipinski definition) is 2. The van der Waals surface area contributed by atoms with Gasteiger partial charge in [0, 0.05) is 0 Å². The highest BCUT2D eigenvalue weighted by Gasteiger charge is 2.17. The molecule has 0 unspecified atom stereocenters. The van der Waals surface area contributed by atoms with E-state index in [1.165, 1.54) is 0 Å². The molecular formula is C17H16F2N2O4. The fourth-order valence-electron chi connectivity index (χ4n) is 1.87. The summed E-state index contributed by atoms with van der Waals surface area (Å²) in [7, 11) is 1.55. The van der Waals surface area contributed by atoms with Crippen molar-refractivity contribution in [3.8, 4) is 11.5 Å². The van der Waals surface area contributed by atoms with Gasteiger partial charge in [-0.25, -0.2) is 8.78 Å². The summed E-state index contributed by atoms with van der Waals surface area (Å²) >= 11 is 0. The van der Waals surface area contributed by atoms with E-state index >= 15 is 0 Å². The monoisotopic (exact) mass is 350 g/mol. The third-order valence-corrected chi connectivity index (χ3v) is 3.12. The van der Waals surface area contributed by atoms with Crippen LogP contribution in [0.3, 0.4) is 0 Å². The molecule has 8 heteroatoms. The lowest BCUT2D eigenvalue weighted by Gasteiger charge is -2.09. The Morgan fingerprint density at radius 2 is 1.56 bits per heavy atom. The zero-order valence-electron chi connectivity index (χ0n) is 13.3. The van der Waals surface area contributed by atoms with Gasteiger partial charge in [-0.15, -0.1) is 0 Å².